The Hall–Kier alpha value is -3.36. The van der Waals surface area contributed by atoms with Gasteiger partial charge in [-0.2, -0.15) is 5.10 Å². The van der Waals surface area contributed by atoms with E-state index in [0.29, 0.717) is 49.5 Å². The lowest BCUT2D eigenvalue weighted by Crippen LogP contribution is -2.42. The lowest BCUT2D eigenvalue weighted by molar-refractivity contribution is -0.151. The van der Waals surface area contributed by atoms with Crippen molar-refractivity contribution >= 4 is 22.9 Å². The largest absolute Gasteiger partial charge is 0.466 e. The van der Waals surface area contributed by atoms with Crippen LogP contribution in [-0.4, -0.2) is 51.2 Å². The number of hydrogen-bond acceptors (Lipinski definition) is 5. The molecule has 4 rings (SSSR count). The molecule has 1 aliphatic rings. The van der Waals surface area contributed by atoms with Gasteiger partial charge in [0, 0.05) is 24.2 Å². The number of benzene rings is 1. The number of pyridine rings is 1. The molecule has 0 bridgehead atoms. The highest BCUT2D eigenvalue weighted by atomic mass is 19.3. The van der Waals surface area contributed by atoms with E-state index in [4.69, 9.17) is 4.74 Å². The first-order chi connectivity index (χ1) is 15.9. The lowest BCUT2D eigenvalue weighted by Gasteiger charge is -2.30. The number of aryl methyl sites for hydroxylation is 1. The van der Waals surface area contributed by atoms with E-state index in [-0.39, 0.29) is 40.9 Å². The number of nitrogens with zero attached hydrogens (tertiary/aromatic N) is 4. The number of halogens is 2. The normalized spacial score (nSPS) is 14.8. The number of hydrogen-bond donors (Lipinski definition) is 0. The quantitative estimate of drug-likeness (QED) is 0.521. The number of esters is 1. The van der Waals surface area contributed by atoms with Gasteiger partial charge in [0.05, 0.1) is 29.3 Å². The molecule has 0 aliphatic carbocycles. The van der Waals surface area contributed by atoms with Crippen LogP contribution in [0.15, 0.2) is 36.4 Å². The van der Waals surface area contributed by atoms with E-state index in [1.165, 1.54) is 10.7 Å². The molecular formula is C24H26F2N4O3. The molecule has 0 radical (unpaired) electrons. The van der Waals surface area contributed by atoms with Crippen LogP contribution in [0.2, 0.25) is 0 Å². The number of piperidine rings is 1. The number of rotatable bonds is 6. The first-order valence-electron chi connectivity index (χ1n) is 11.0. The number of amides is 1. The Morgan fingerprint density at radius 1 is 1.18 bits per heavy atom. The standard InChI is InChI=1S/C24H26F2N4O3/c1-3-33-24(32)17-9-11-29(12-10-17)20(31)14-30-23-21(15(2)28-30)18(22(25)26)13-19(27-23)16-7-5-4-6-8-16/h4-8,13,17,22H,3,9-12,14H2,1-2H3. The lowest BCUT2D eigenvalue weighted by atomic mass is 9.97. The van der Waals surface area contributed by atoms with Crippen molar-refractivity contribution in [2.75, 3.05) is 19.7 Å². The van der Waals surface area contributed by atoms with Crippen LogP contribution in [0.4, 0.5) is 8.78 Å². The van der Waals surface area contributed by atoms with Gasteiger partial charge in [0.1, 0.15) is 6.54 Å². The molecule has 1 saturated heterocycles. The fourth-order valence-corrected chi connectivity index (χ4v) is 4.28. The summed E-state index contributed by atoms with van der Waals surface area (Å²) in [6.07, 6.45) is -1.63. The summed E-state index contributed by atoms with van der Waals surface area (Å²) in [5.74, 6) is -0.617. The molecule has 3 aromatic rings. The van der Waals surface area contributed by atoms with Gasteiger partial charge in [-0.05, 0) is 32.8 Å². The topological polar surface area (TPSA) is 77.3 Å². The molecule has 1 amide bonds. The number of carbonyl (C=O) groups is 2. The maximum Gasteiger partial charge on any atom is 0.309 e. The van der Waals surface area contributed by atoms with Crippen molar-refractivity contribution in [3.8, 4) is 11.3 Å². The molecule has 0 spiro atoms. The fraction of sp³-hybridized carbons (Fsp3) is 0.417. The Morgan fingerprint density at radius 3 is 2.52 bits per heavy atom. The summed E-state index contributed by atoms with van der Waals surface area (Å²) in [4.78, 5) is 31.2. The highest BCUT2D eigenvalue weighted by Gasteiger charge is 2.29. The Labute approximate surface area is 190 Å². The van der Waals surface area contributed by atoms with Crippen LogP contribution in [-0.2, 0) is 20.9 Å². The molecule has 33 heavy (non-hydrogen) atoms. The summed E-state index contributed by atoms with van der Waals surface area (Å²) in [7, 11) is 0. The van der Waals surface area contributed by atoms with Gasteiger partial charge in [-0.3, -0.25) is 9.59 Å². The zero-order chi connectivity index (χ0) is 23.5. The second-order valence-corrected chi connectivity index (χ2v) is 8.11. The molecule has 0 atom stereocenters. The smallest absolute Gasteiger partial charge is 0.309 e. The predicted octanol–water partition coefficient (Wildman–Crippen LogP) is 4.15. The zero-order valence-corrected chi connectivity index (χ0v) is 18.6. The second kappa shape index (κ2) is 9.64. The molecule has 0 unspecified atom stereocenters. The number of ether oxygens (including phenoxy) is 1. The third-order valence-electron chi connectivity index (χ3n) is 5.97. The van der Waals surface area contributed by atoms with Gasteiger partial charge in [0.2, 0.25) is 5.91 Å². The molecule has 1 fully saturated rings. The first-order valence-corrected chi connectivity index (χ1v) is 11.0. The van der Waals surface area contributed by atoms with Crippen molar-refractivity contribution in [2.24, 2.45) is 5.92 Å². The number of aromatic nitrogens is 3. The van der Waals surface area contributed by atoms with Gasteiger partial charge in [0.15, 0.2) is 5.65 Å². The average Bonchev–Trinajstić information content (AvgIpc) is 3.14. The Balaban J connectivity index is 1.60. The number of carbonyl (C=O) groups excluding carboxylic acids is 2. The summed E-state index contributed by atoms with van der Waals surface area (Å²) in [5.41, 5.74) is 1.63. The van der Waals surface area contributed by atoms with Crippen molar-refractivity contribution in [3.05, 3.63) is 47.7 Å². The average molecular weight is 456 g/mol. The van der Waals surface area contributed by atoms with E-state index >= 15 is 0 Å². The summed E-state index contributed by atoms with van der Waals surface area (Å²) in [6, 6.07) is 10.5. The Morgan fingerprint density at radius 2 is 1.88 bits per heavy atom. The monoisotopic (exact) mass is 456 g/mol. The highest BCUT2D eigenvalue weighted by molar-refractivity contribution is 5.87. The molecule has 0 saturated carbocycles. The number of likely N-dealkylation sites (tertiary alicyclic amines) is 1. The minimum absolute atomic E-state index is 0.109. The Kier molecular flexibility index (Phi) is 6.67. The molecule has 1 aromatic carbocycles. The third-order valence-corrected chi connectivity index (χ3v) is 5.97. The maximum atomic E-state index is 13.9. The van der Waals surface area contributed by atoms with Crippen molar-refractivity contribution < 1.29 is 23.1 Å². The van der Waals surface area contributed by atoms with Crippen LogP contribution in [0.3, 0.4) is 0 Å². The van der Waals surface area contributed by atoms with Gasteiger partial charge in [-0.15, -0.1) is 0 Å². The maximum absolute atomic E-state index is 13.9. The van der Waals surface area contributed by atoms with Gasteiger partial charge < -0.3 is 9.64 Å². The highest BCUT2D eigenvalue weighted by Crippen LogP contribution is 2.33. The predicted molar refractivity (Wildman–Crippen MR) is 119 cm³/mol. The van der Waals surface area contributed by atoms with E-state index in [1.54, 1.807) is 30.9 Å². The minimum Gasteiger partial charge on any atom is -0.466 e. The van der Waals surface area contributed by atoms with Crippen LogP contribution in [0, 0.1) is 12.8 Å². The SMILES string of the molecule is CCOC(=O)C1CCN(C(=O)Cn2nc(C)c3c(C(F)F)cc(-c4ccccc4)nc32)CC1. The first kappa shape index (κ1) is 22.8. The van der Waals surface area contributed by atoms with Crippen molar-refractivity contribution in [3.63, 3.8) is 0 Å². The van der Waals surface area contributed by atoms with E-state index in [0.717, 1.165) is 0 Å². The van der Waals surface area contributed by atoms with Crippen molar-refractivity contribution in [2.45, 2.75) is 39.7 Å². The van der Waals surface area contributed by atoms with Gasteiger partial charge in [-0.25, -0.2) is 18.4 Å². The molecule has 3 heterocycles. The summed E-state index contributed by atoms with van der Waals surface area (Å²) < 4.78 is 34.3. The van der Waals surface area contributed by atoms with Crippen molar-refractivity contribution in [1.29, 1.82) is 0 Å². The number of alkyl halides is 2. The van der Waals surface area contributed by atoms with E-state index in [9.17, 15) is 18.4 Å². The van der Waals surface area contributed by atoms with E-state index in [1.807, 2.05) is 18.2 Å². The minimum atomic E-state index is -2.70. The van der Waals surface area contributed by atoms with Gasteiger partial charge in [0.25, 0.3) is 6.43 Å². The molecule has 1 aliphatic heterocycles. The molecule has 9 heteroatoms. The summed E-state index contributed by atoms with van der Waals surface area (Å²) >= 11 is 0. The van der Waals surface area contributed by atoms with Gasteiger partial charge in [-0.1, -0.05) is 30.3 Å². The van der Waals surface area contributed by atoms with Crippen LogP contribution in [0.1, 0.15) is 37.4 Å². The van der Waals surface area contributed by atoms with Crippen LogP contribution >= 0.6 is 0 Å². The molecule has 174 valence electrons. The second-order valence-electron chi connectivity index (χ2n) is 8.11. The molecule has 2 aromatic heterocycles. The number of fused-ring (bicyclic) bond motifs is 1. The fourth-order valence-electron chi connectivity index (χ4n) is 4.28. The van der Waals surface area contributed by atoms with E-state index in [2.05, 4.69) is 10.1 Å². The summed E-state index contributed by atoms with van der Waals surface area (Å²) in [6.45, 7) is 4.51. The third kappa shape index (κ3) is 4.72. The Bertz CT molecular complexity index is 1160. The van der Waals surface area contributed by atoms with Crippen LogP contribution in [0.5, 0.6) is 0 Å². The molecule has 0 N–H and O–H groups in total. The molecular weight excluding hydrogens is 430 g/mol. The zero-order valence-electron chi connectivity index (χ0n) is 18.6. The van der Waals surface area contributed by atoms with Crippen LogP contribution < -0.4 is 0 Å². The van der Waals surface area contributed by atoms with Gasteiger partial charge >= 0.3 is 5.97 Å². The summed E-state index contributed by atoms with van der Waals surface area (Å²) in [5, 5.41) is 4.65. The van der Waals surface area contributed by atoms with Crippen LogP contribution in [0.25, 0.3) is 22.3 Å². The molecule has 7 nitrogen and oxygen atoms in total. The van der Waals surface area contributed by atoms with E-state index < -0.39 is 6.43 Å². The van der Waals surface area contributed by atoms with Crippen molar-refractivity contribution in [1.82, 2.24) is 19.7 Å².